The van der Waals surface area contributed by atoms with Gasteiger partial charge < -0.3 is 10.2 Å². The summed E-state index contributed by atoms with van der Waals surface area (Å²) in [4.78, 5) is 13.3. The summed E-state index contributed by atoms with van der Waals surface area (Å²) in [5, 5.41) is 2.73. The monoisotopic (exact) mass is 268 g/mol. The summed E-state index contributed by atoms with van der Waals surface area (Å²) in [6.45, 7) is 2.67. The molecule has 1 N–H and O–H groups in total. The zero-order valence-electron chi connectivity index (χ0n) is 11.1. The van der Waals surface area contributed by atoms with Crippen molar-refractivity contribution in [2.75, 3.05) is 18.9 Å². The largest absolute Gasteiger partial charge is 0.328 e. The summed E-state index contributed by atoms with van der Waals surface area (Å²) in [6.07, 6.45) is 0.817. The fourth-order valence-corrected chi connectivity index (χ4v) is 2.03. The van der Waals surface area contributed by atoms with E-state index >= 15 is 0 Å². The number of hydrogen-bond acceptors (Lipinski definition) is 1. The SMILES string of the molecule is CCCN(C)C(=O)Nc1ccc(C2CC2(F)F)cc1. The minimum Gasteiger partial charge on any atom is -0.328 e. The third-order valence-corrected chi connectivity index (χ3v) is 3.30. The second kappa shape index (κ2) is 5.15. The van der Waals surface area contributed by atoms with Crippen LogP contribution in [0.25, 0.3) is 0 Å². The lowest BCUT2D eigenvalue weighted by Gasteiger charge is -2.17. The summed E-state index contributed by atoms with van der Waals surface area (Å²) < 4.78 is 25.8. The lowest BCUT2D eigenvalue weighted by atomic mass is 10.1. The molecule has 0 aromatic heterocycles. The van der Waals surface area contributed by atoms with Crippen LogP contribution in [0.2, 0.25) is 0 Å². The number of halogens is 2. The molecule has 1 aliphatic carbocycles. The molecule has 1 aromatic carbocycles. The van der Waals surface area contributed by atoms with E-state index in [4.69, 9.17) is 0 Å². The molecule has 104 valence electrons. The van der Waals surface area contributed by atoms with Gasteiger partial charge in [0.05, 0.1) is 5.92 Å². The summed E-state index contributed by atoms with van der Waals surface area (Å²) in [6, 6.07) is 6.46. The normalized spacial score (nSPS) is 19.9. The van der Waals surface area contributed by atoms with Crippen molar-refractivity contribution < 1.29 is 13.6 Å². The third-order valence-electron chi connectivity index (χ3n) is 3.30. The van der Waals surface area contributed by atoms with Crippen molar-refractivity contribution >= 4 is 11.7 Å². The Balaban J connectivity index is 1.94. The van der Waals surface area contributed by atoms with Gasteiger partial charge in [-0.25, -0.2) is 13.6 Å². The van der Waals surface area contributed by atoms with Crippen molar-refractivity contribution in [1.82, 2.24) is 4.90 Å². The van der Waals surface area contributed by atoms with Crippen LogP contribution in [0.5, 0.6) is 0 Å². The average molecular weight is 268 g/mol. The molecule has 0 spiro atoms. The zero-order chi connectivity index (χ0) is 14.0. The van der Waals surface area contributed by atoms with E-state index in [0.29, 0.717) is 17.8 Å². The molecule has 2 amide bonds. The maximum absolute atomic E-state index is 12.9. The van der Waals surface area contributed by atoms with E-state index in [2.05, 4.69) is 5.32 Å². The van der Waals surface area contributed by atoms with Crippen LogP contribution >= 0.6 is 0 Å². The Kier molecular flexibility index (Phi) is 3.73. The van der Waals surface area contributed by atoms with E-state index in [1.807, 2.05) is 6.92 Å². The first-order chi connectivity index (χ1) is 8.94. The quantitative estimate of drug-likeness (QED) is 0.887. The lowest BCUT2D eigenvalue weighted by molar-refractivity contribution is 0.112. The van der Waals surface area contributed by atoms with Gasteiger partial charge in [-0.05, 0) is 24.1 Å². The van der Waals surface area contributed by atoms with E-state index in [9.17, 15) is 13.6 Å². The molecular formula is C14H18F2N2O. The second-order valence-corrected chi connectivity index (χ2v) is 4.99. The fraction of sp³-hybridized carbons (Fsp3) is 0.500. The Hall–Kier alpha value is -1.65. The summed E-state index contributed by atoms with van der Waals surface area (Å²) >= 11 is 0. The van der Waals surface area contributed by atoms with Gasteiger partial charge in [-0.1, -0.05) is 19.1 Å². The molecule has 0 bridgehead atoms. The number of hydrogen-bond donors (Lipinski definition) is 1. The number of carbonyl (C=O) groups is 1. The number of carbonyl (C=O) groups excluding carboxylic acids is 1. The van der Waals surface area contributed by atoms with E-state index in [1.165, 1.54) is 0 Å². The highest BCUT2D eigenvalue weighted by Gasteiger charge is 2.57. The van der Waals surface area contributed by atoms with Gasteiger partial charge in [-0.15, -0.1) is 0 Å². The van der Waals surface area contributed by atoms with Crippen LogP contribution in [0, 0.1) is 0 Å². The Morgan fingerprint density at radius 1 is 1.42 bits per heavy atom. The lowest BCUT2D eigenvalue weighted by Crippen LogP contribution is -2.31. The third kappa shape index (κ3) is 3.22. The van der Waals surface area contributed by atoms with E-state index in [1.54, 1.807) is 36.2 Å². The number of nitrogens with one attached hydrogen (secondary N) is 1. The minimum atomic E-state index is -2.55. The number of urea groups is 1. The van der Waals surface area contributed by atoms with Crippen LogP contribution in [0.1, 0.15) is 31.2 Å². The number of amides is 2. The van der Waals surface area contributed by atoms with Crippen molar-refractivity contribution in [3.8, 4) is 0 Å². The van der Waals surface area contributed by atoms with Gasteiger partial charge in [0.25, 0.3) is 5.92 Å². The number of benzene rings is 1. The number of anilines is 1. The summed E-state index contributed by atoms with van der Waals surface area (Å²) in [7, 11) is 1.72. The first-order valence-electron chi connectivity index (χ1n) is 6.44. The molecule has 1 saturated carbocycles. The van der Waals surface area contributed by atoms with Crippen LogP contribution in [-0.2, 0) is 0 Å². The van der Waals surface area contributed by atoms with E-state index < -0.39 is 11.8 Å². The summed E-state index contributed by atoms with van der Waals surface area (Å²) in [5.74, 6) is -3.20. The van der Waals surface area contributed by atoms with Crippen molar-refractivity contribution in [2.45, 2.75) is 31.6 Å². The number of nitrogens with zero attached hydrogens (tertiary/aromatic N) is 1. The van der Waals surface area contributed by atoms with E-state index in [0.717, 1.165) is 6.42 Å². The summed E-state index contributed by atoms with van der Waals surface area (Å²) in [5.41, 5.74) is 1.26. The fourth-order valence-electron chi connectivity index (χ4n) is 2.03. The van der Waals surface area contributed by atoms with Crippen LogP contribution in [0.3, 0.4) is 0 Å². The number of alkyl halides is 2. The maximum atomic E-state index is 12.9. The Bertz CT molecular complexity index is 459. The molecule has 5 heteroatoms. The van der Waals surface area contributed by atoms with Crippen molar-refractivity contribution in [2.24, 2.45) is 0 Å². The molecule has 0 heterocycles. The molecule has 0 aliphatic heterocycles. The van der Waals surface area contributed by atoms with Gasteiger partial charge in [-0.3, -0.25) is 0 Å². The van der Waals surface area contributed by atoms with Crippen molar-refractivity contribution in [3.63, 3.8) is 0 Å². The molecule has 1 aromatic rings. The molecule has 1 atom stereocenters. The molecule has 3 nitrogen and oxygen atoms in total. The zero-order valence-corrected chi connectivity index (χ0v) is 11.1. The van der Waals surface area contributed by atoms with Gasteiger partial charge in [0.1, 0.15) is 0 Å². The highest BCUT2D eigenvalue weighted by Crippen LogP contribution is 2.55. The molecule has 1 aliphatic rings. The van der Waals surface area contributed by atoms with E-state index in [-0.39, 0.29) is 12.5 Å². The van der Waals surface area contributed by atoms with Crippen LogP contribution in [0.4, 0.5) is 19.3 Å². The molecule has 0 radical (unpaired) electrons. The first kappa shape index (κ1) is 13.8. The predicted octanol–water partition coefficient (Wildman–Crippen LogP) is 3.68. The highest BCUT2D eigenvalue weighted by atomic mass is 19.3. The van der Waals surface area contributed by atoms with Crippen LogP contribution < -0.4 is 5.32 Å². The smallest absolute Gasteiger partial charge is 0.321 e. The number of rotatable bonds is 4. The average Bonchev–Trinajstić information content (AvgIpc) is 2.99. The van der Waals surface area contributed by atoms with Gasteiger partial charge in [0, 0.05) is 25.7 Å². The van der Waals surface area contributed by atoms with Crippen molar-refractivity contribution in [1.29, 1.82) is 0 Å². The van der Waals surface area contributed by atoms with Crippen LogP contribution in [-0.4, -0.2) is 30.4 Å². The van der Waals surface area contributed by atoms with Gasteiger partial charge in [0.2, 0.25) is 0 Å². The highest BCUT2D eigenvalue weighted by molar-refractivity contribution is 5.89. The maximum Gasteiger partial charge on any atom is 0.321 e. The van der Waals surface area contributed by atoms with Crippen molar-refractivity contribution in [3.05, 3.63) is 29.8 Å². The topological polar surface area (TPSA) is 32.3 Å². The Morgan fingerprint density at radius 2 is 2.00 bits per heavy atom. The van der Waals surface area contributed by atoms with Crippen LogP contribution in [0.15, 0.2) is 24.3 Å². The predicted molar refractivity (Wildman–Crippen MR) is 70.7 cm³/mol. The Labute approximate surface area is 111 Å². The molecule has 19 heavy (non-hydrogen) atoms. The van der Waals surface area contributed by atoms with Gasteiger partial charge in [0.15, 0.2) is 0 Å². The molecule has 2 rings (SSSR count). The molecule has 0 saturated heterocycles. The van der Waals surface area contributed by atoms with Gasteiger partial charge >= 0.3 is 6.03 Å². The minimum absolute atomic E-state index is 0.0715. The molecule has 1 unspecified atom stereocenters. The first-order valence-corrected chi connectivity index (χ1v) is 6.44. The second-order valence-electron chi connectivity index (χ2n) is 4.99. The molecular weight excluding hydrogens is 250 g/mol. The molecule has 1 fully saturated rings. The standard InChI is InChI=1S/C14H18F2N2O/c1-3-8-18(2)13(19)17-11-6-4-10(5-7-11)12-9-14(12,15)16/h4-7,12H,3,8-9H2,1-2H3,(H,17,19). The Morgan fingerprint density at radius 3 is 2.47 bits per heavy atom. The van der Waals surface area contributed by atoms with Gasteiger partial charge in [-0.2, -0.15) is 0 Å².